The van der Waals surface area contributed by atoms with Gasteiger partial charge in [0.2, 0.25) is 0 Å². The lowest BCUT2D eigenvalue weighted by atomic mass is 10.2. The van der Waals surface area contributed by atoms with Crippen LogP contribution in [0.25, 0.3) is 0 Å². The Bertz CT molecular complexity index is 420. The van der Waals surface area contributed by atoms with E-state index >= 15 is 0 Å². The summed E-state index contributed by atoms with van der Waals surface area (Å²) < 4.78 is 12.0. The van der Waals surface area contributed by atoms with Crippen molar-refractivity contribution in [3.63, 3.8) is 0 Å². The highest BCUT2D eigenvalue weighted by Crippen LogP contribution is 2.02. The molecule has 1 aromatic carbocycles. The molecule has 112 valence electrons. The zero-order chi connectivity index (χ0) is 14.6. The number of nitrogens with one attached hydrogen (secondary N) is 2. The first-order chi connectivity index (χ1) is 9.76. The molecule has 0 aliphatic heterocycles. The molecule has 0 aliphatic carbocycles. The van der Waals surface area contributed by atoms with Gasteiger partial charge in [0, 0.05) is 41.9 Å². The Balaban J connectivity index is 2.29. The van der Waals surface area contributed by atoms with Crippen LogP contribution < -0.4 is 10.6 Å². The maximum Gasteiger partial charge on any atom is 0.191 e. The topological polar surface area (TPSA) is 53.5 Å². The van der Waals surface area contributed by atoms with Gasteiger partial charge in [-0.15, -0.1) is 0 Å². The molecule has 5 heteroatoms. The largest absolute Gasteiger partial charge is 0.357 e. The van der Waals surface area contributed by atoms with E-state index in [1.807, 2.05) is 37.3 Å². The van der Waals surface area contributed by atoms with Crippen molar-refractivity contribution in [3.8, 4) is 0 Å². The molecule has 1 unspecified atom stereocenters. The third-order valence-electron chi connectivity index (χ3n) is 2.63. The zero-order valence-corrected chi connectivity index (χ0v) is 13.2. The van der Waals surface area contributed by atoms with E-state index in [-0.39, 0.29) is 0 Å². The lowest BCUT2D eigenvalue weighted by Crippen LogP contribution is -2.39. The van der Waals surface area contributed by atoms with Crippen LogP contribution in [0.5, 0.6) is 0 Å². The van der Waals surface area contributed by atoms with Crippen molar-refractivity contribution in [1.82, 2.24) is 10.6 Å². The third-order valence-corrected chi connectivity index (χ3v) is 3.95. The molecule has 0 aliphatic rings. The summed E-state index contributed by atoms with van der Waals surface area (Å²) in [6.45, 7) is 6.46. The molecule has 4 nitrogen and oxygen atoms in total. The fourth-order valence-corrected chi connectivity index (χ4v) is 2.72. The van der Waals surface area contributed by atoms with Gasteiger partial charge in [-0.25, -0.2) is 0 Å². The Kier molecular flexibility index (Phi) is 8.71. The first-order valence-electron chi connectivity index (χ1n) is 7.17. The number of guanidine groups is 1. The summed E-state index contributed by atoms with van der Waals surface area (Å²) in [4.78, 5) is 4.41. The average molecular weight is 295 g/mol. The second kappa shape index (κ2) is 10.4. The number of benzene rings is 1. The van der Waals surface area contributed by atoms with Crippen molar-refractivity contribution < 1.29 is 4.21 Å². The van der Waals surface area contributed by atoms with E-state index in [4.69, 9.17) is 0 Å². The summed E-state index contributed by atoms with van der Waals surface area (Å²) in [7, 11) is -0.842. The molecular formula is C15H25N3OS. The van der Waals surface area contributed by atoms with Crippen LogP contribution in [0, 0.1) is 0 Å². The van der Waals surface area contributed by atoms with Crippen molar-refractivity contribution in [3.05, 3.63) is 35.9 Å². The fraction of sp³-hybridized carbons (Fsp3) is 0.533. The molecule has 0 amide bonds. The minimum Gasteiger partial charge on any atom is -0.357 e. The molecule has 0 bridgehead atoms. The van der Waals surface area contributed by atoms with Gasteiger partial charge in [0.25, 0.3) is 0 Å². The van der Waals surface area contributed by atoms with Crippen molar-refractivity contribution in [1.29, 1.82) is 0 Å². The molecule has 0 saturated heterocycles. The van der Waals surface area contributed by atoms with Crippen LogP contribution in [0.2, 0.25) is 0 Å². The average Bonchev–Trinajstić information content (AvgIpc) is 2.45. The van der Waals surface area contributed by atoms with Gasteiger partial charge >= 0.3 is 0 Å². The van der Waals surface area contributed by atoms with Gasteiger partial charge < -0.3 is 10.6 Å². The van der Waals surface area contributed by atoms with Crippen LogP contribution in [-0.2, 0) is 16.6 Å². The lowest BCUT2D eigenvalue weighted by Gasteiger charge is -2.10. The molecule has 1 atom stereocenters. The zero-order valence-electron chi connectivity index (χ0n) is 12.4. The SMILES string of the molecule is CCCN=C(NCC)NCCS(=O)Cc1ccccc1. The van der Waals surface area contributed by atoms with E-state index in [0.29, 0.717) is 18.1 Å². The van der Waals surface area contributed by atoms with E-state index in [1.54, 1.807) is 0 Å². The lowest BCUT2D eigenvalue weighted by molar-refractivity contribution is 0.680. The van der Waals surface area contributed by atoms with Gasteiger partial charge in [-0.05, 0) is 18.9 Å². The predicted molar refractivity (Wildman–Crippen MR) is 87.4 cm³/mol. The van der Waals surface area contributed by atoms with Gasteiger partial charge in [0.1, 0.15) is 0 Å². The quantitative estimate of drug-likeness (QED) is 0.569. The summed E-state index contributed by atoms with van der Waals surface area (Å²) in [6.07, 6.45) is 1.02. The van der Waals surface area contributed by atoms with Crippen LogP contribution in [0.15, 0.2) is 35.3 Å². The fourth-order valence-electron chi connectivity index (χ4n) is 1.68. The van der Waals surface area contributed by atoms with Crippen molar-refractivity contribution in [2.75, 3.05) is 25.4 Å². The number of nitrogens with zero attached hydrogens (tertiary/aromatic N) is 1. The van der Waals surface area contributed by atoms with E-state index in [9.17, 15) is 4.21 Å². The Morgan fingerprint density at radius 3 is 2.60 bits per heavy atom. The maximum absolute atomic E-state index is 12.0. The van der Waals surface area contributed by atoms with Gasteiger partial charge in [-0.2, -0.15) is 0 Å². The van der Waals surface area contributed by atoms with Gasteiger partial charge in [0.05, 0.1) is 0 Å². The summed E-state index contributed by atoms with van der Waals surface area (Å²) in [6, 6.07) is 9.95. The first-order valence-corrected chi connectivity index (χ1v) is 8.66. The molecular weight excluding hydrogens is 270 g/mol. The minimum absolute atomic E-state index is 0.616. The van der Waals surface area contributed by atoms with Crippen LogP contribution in [0.4, 0.5) is 0 Å². The minimum atomic E-state index is -0.842. The molecule has 20 heavy (non-hydrogen) atoms. The highest BCUT2D eigenvalue weighted by molar-refractivity contribution is 7.84. The second-order valence-corrected chi connectivity index (χ2v) is 6.04. The van der Waals surface area contributed by atoms with Crippen LogP contribution in [0.1, 0.15) is 25.8 Å². The van der Waals surface area contributed by atoms with Crippen molar-refractivity contribution >= 4 is 16.8 Å². The predicted octanol–water partition coefficient (Wildman–Crippen LogP) is 1.90. The molecule has 0 spiro atoms. The van der Waals surface area contributed by atoms with Crippen molar-refractivity contribution in [2.24, 2.45) is 4.99 Å². The highest BCUT2D eigenvalue weighted by atomic mass is 32.2. The first kappa shape index (κ1) is 16.7. The normalized spacial score (nSPS) is 13.0. The van der Waals surface area contributed by atoms with Crippen LogP contribution >= 0.6 is 0 Å². The summed E-state index contributed by atoms with van der Waals surface area (Å²) in [5.41, 5.74) is 1.12. The molecule has 0 heterocycles. The number of hydrogen-bond donors (Lipinski definition) is 2. The number of rotatable bonds is 8. The van der Waals surface area contributed by atoms with Gasteiger partial charge in [-0.1, -0.05) is 37.3 Å². The van der Waals surface area contributed by atoms with Gasteiger partial charge in [0.15, 0.2) is 5.96 Å². The number of hydrogen-bond acceptors (Lipinski definition) is 2. The van der Waals surface area contributed by atoms with Crippen molar-refractivity contribution in [2.45, 2.75) is 26.0 Å². The van der Waals surface area contributed by atoms with Crippen LogP contribution in [0.3, 0.4) is 0 Å². The standard InChI is InChI=1S/C15H25N3OS/c1-3-10-17-15(16-4-2)18-11-12-20(19)13-14-8-6-5-7-9-14/h5-9H,3-4,10-13H2,1-2H3,(H2,16,17,18). The van der Waals surface area contributed by atoms with E-state index in [1.165, 1.54) is 0 Å². The smallest absolute Gasteiger partial charge is 0.191 e. The van der Waals surface area contributed by atoms with E-state index in [2.05, 4.69) is 22.5 Å². The highest BCUT2D eigenvalue weighted by Gasteiger charge is 2.02. The molecule has 0 saturated carbocycles. The molecule has 1 aromatic rings. The Morgan fingerprint density at radius 2 is 1.95 bits per heavy atom. The monoisotopic (exact) mass is 295 g/mol. The van der Waals surface area contributed by atoms with E-state index < -0.39 is 10.8 Å². The molecule has 2 N–H and O–H groups in total. The third kappa shape index (κ3) is 7.28. The van der Waals surface area contributed by atoms with E-state index in [0.717, 1.165) is 31.0 Å². The summed E-state index contributed by atoms with van der Waals surface area (Å²) >= 11 is 0. The van der Waals surface area contributed by atoms with Crippen LogP contribution in [-0.4, -0.2) is 35.6 Å². The van der Waals surface area contributed by atoms with Gasteiger partial charge in [-0.3, -0.25) is 9.20 Å². The number of aliphatic imine (C=N–C) groups is 1. The molecule has 1 rings (SSSR count). The Morgan fingerprint density at radius 1 is 1.20 bits per heavy atom. The maximum atomic E-state index is 12.0. The molecule has 0 radical (unpaired) electrons. The Hall–Kier alpha value is -1.36. The summed E-state index contributed by atoms with van der Waals surface area (Å²) in [5.74, 6) is 2.06. The summed E-state index contributed by atoms with van der Waals surface area (Å²) in [5, 5.41) is 6.40. The second-order valence-electron chi connectivity index (χ2n) is 4.46. The Labute approximate surface area is 124 Å². The molecule has 0 aromatic heterocycles. The molecule has 0 fully saturated rings.